The maximum Gasteiger partial charge on any atom is 0.0306 e. The molecule has 3 aliphatic heterocycles. The van der Waals surface area contributed by atoms with E-state index in [2.05, 4.69) is 29.0 Å². The second kappa shape index (κ2) is 5.71. The zero-order valence-electron chi connectivity index (χ0n) is 12.8. The van der Waals surface area contributed by atoms with Crippen molar-refractivity contribution in [3.8, 4) is 0 Å². The summed E-state index contributed by atoms with van der Waals surface area (Å²) in [5.74, 6) is 0. The van der Waals surface area contributed by atoms with Crippen LogP contribution >= 0.6 is 0 Å². The summed E-state index contributed by atoms with van der Waals surface area (Å²) in [4.78, 5) is 5.54. The first-order valence-electron chi connectivity index (χ1n) is 8.45. The van der Waals surface area contributed by atoms with Crippen LogP contribution < -0.4 is 5.32 Å². The highest BCUT2D eigenvalue weighted by Gasteiger charge is 2.39. The summed E-state index contributed by atoms with van der Waals surface area (Å²) in [7, 11) is 0. The van der Waals surface area contributed by atoms with E-state index in [1.165, 1.54) is 71.2 Å². The van der Waals surface area contributed by atoms with Crippen LogP contribution in [-0.4, -0.2) is 60.1 Å². The number of fused-ring (bicyclic) bond motifs is 1. The minimum absolute atomic E-state index is 0.422. The predicted molar refractivity (Wildman–Crippen MR) is 80.5 cm³/mol. The highest BCUT2D eigenvalue weighted by Crippen LogP contribution is 2.29. The molecule has 3 fully saturated rings. The molecule has 0 bridgehead atoms. The summed E-state index contributed by atoms with van der Waals surface area (Å²) in [5.41, 5.74) is 0.422. The van der Waals surface area contributed by atoms with E-state index in [9.17, 15) is 0 Å². The minimum Gasteiger partial charge on any atom is -0.310 e. The smallest absolute Gasteiger partial charge is 0.0306 e. The van der Waals surface area contributed by atoms with Crippen LogP contribution in [0.1, 0.15) is 52.4 Å². The molecule has 3 unspecified atom stereocenters. The van der Waals surface area contributed by atoms with Crippen LogP contribution in [0, 0.1) is 0 Å². The lowest BCUT2D eigenvalue weighted by molar-refractivity contribution is 0.00192. The number of hydrogen-bond donors (Lipinski definition) is 1. The van der Waals surface area contributed by atoms with Crippen LogP contribution in [0.3, 0.4) is 0 Å². The second-order valence-electron chi connectivity index (χ2n) is 7.09. The third kappa shape index (κ3) is 2.84. The molecule has 0 amide bonds. The van der Waals surface area contributed by atoms with Crippen molar-refractivity contribution in [2.75, 3.05) is 32.7 Å². The molecule has 0 saturated carbocycles. The third-order valence-corrected chi connectivity index (χ3v) is 5.83. The second-order valence-corrected chi connectivity index (χ2v) is 7.09. The Kier molecular flexibility index (Phi) is 4.16. The molecule has 19 heavy (non-hydrogen) atoms. The molecule has 3 heteroatoms. The molecule has 3 heterocycles. The van der Waals surface area contributed by atoms with Crippen molar-refractivity contribution >= 4 is 0 Å². The molecule has 0 spiro atoms. The summed E-state index contributed by atoms with van der Waals surface area (Å²) in [6, 6.07) is 1.58. The lowest BCUT2D eigenvalue weighted by Gasteiger charge is -2.49. The van der Waals surface area contributed by atoms with Crippen LogP contribution in [0.5, 0.6) is 0 Å². The van der Waals surface area contributed by atoms with Gasteiger partial charge in [0, 0.05) is 37.3 Å². The highest BCUT2D eigenvalue weighted by atomic mass is 15.3. The lowest BCUT2D eigenvalue weighted by atomic mass is 9.90. The van der Waals surface area contributed by atoms with Gasteiger partial charge >= 0.3 is 0 Å². The van der Waals surface area contributed by atoms with Crippen molar-refractivity contribution in [3.63, 3.8) is 0 Å². The molecular weight excluding hydrogens is 234 g/mol. The standard InChI is InChI=1S/C16H31N3/c1-3-16(8-6-9-17-16)13-19-12-15-7-4-5-10-18(15)11-14(19)2/h14-15,17H,3-13H2,1-2H3. The van der Waals surface area contributed by atoms with E-state index in [4.69, 9.17) is 0 Å². The average molecular weight is 265 g/mol. The highest BCUT2D eigenvalue weighted by molar-refractivity contribution is 4.98. The maximum atomic E-state index is 3.80. The number of rotatable bonds is 3. The molecule has 0 aromatic heterocycles. The zero-order valence-corrected chi connectivity index (χ0v) is 12.8. The number of nitrogens with one attached hydrogen (secondary N) is 1. The minimum atomic E-state index is 0.422. The van der Waals surface area contributed by atoms with Gasteiger partial charge in [0.2, 0.25) is 0 Å². The summed E-state index contributed by atoms with van der Waals surface area (Å²) in [6.07, 6.45) is 8.32. The summed E-state index contributed by atoms with van der Waals surface area (Å²) in [6.45, 7) is 11.2. The van der Waals surface area contributed by atoms with E-state index >= 15 is 0 Å². The van der Waals surface area contributed by atoms with Crippen molar-refractivity contribution in [1.29, 1.82) is 0 Å². The Labute approximate surface area is 118 Å². The van der Waals surface area contributed by atoms with Crippen LogP contribution in [0.2, 0.25) is 0 Å². The van der Waals surface area contributed by atoms with Gasteiger partial charge in [-0.15, -0.1) is 0 Å². The Morgan fingerprint density at radius 2 is 2.11 bits per heavy atom. The zero-order chi connectivity index (χ0) is 13.3. The van der Waals surface area contributed by atoms with Gasteiger partial charge in [0.25, 0.3) is 0 Å². The monoisotopic (exact) mass is 265 g/mol. The summed E-state index contributed by atoms with van der Waals surface area (Å²) < 4.78 is 0. The molecule has 3 atom stereocenters. The molecule has 0 aromatic rings. The Morgan fingerprint density at radius 3 is 2.84 bits per heavy atom. The van der Waals surface area contributed by atoms with Crippen molar-refractivity contribution in [3.05, 3.63) is 0 Å². The number of hydrogen-bond acceptors (Lipinski definition) is 3. The number of piperidine rings is 1. The molecule has 1 N–H and O–H groups in total. The Bertz CT molecular complexity index is 298. The lowest BCUT2D eigenvalue weighted by Crippen LogP contribution is -2.62. The van der Waals surface area contributed by atoms with Gasteiger partial charge in [-0.2, -0.15) is 0 Å². The fourth-order valence-electron chi connectivity index (χ4n) is 4.44. The third-order valence-electron chi connectivity index (χ3n) is 5.83. The van der Waals surface area contributed by atoms with Gasteiger partial charge in [-0.3, -0.25) is 9.80 Å². The quantitative estimate of drug-likeness (QED) is 0.843. The average Bonchev–Trinajstić information content (AvgIpc) is 2.89. The number of nitrogens with zero attached hydrogens (tertiary/aromatic N) is 2. The Morgan fingerprint density at radius 1 is 1.21 bits per heavy atom. The predicted octanol–water partition coefficient (Wildman–Crippen LogP) is 2.08. The van der Waals surface area contributed by atoms with Gasteiger partial charge in [-0.05, 0) is 52.1 Å². The molecule has 0 aromatic carbocycles. The molecule has 0 aliphatic carbocycles. The Hall–Kier alpha value is -0.120. The van der Waals surface area contributed by atoms with Gasteiger partial charge in [-0.1, -0.05) is 13.3 Å². The normalized spacial score (nSPS) is 41.4. The molecule has 110 valence electrons. The number of piperazine rings is 1. The fraction of sp³-hybridized carbons (Fsp3) is 1.00. The van der Waals surface area contributed by atoms with E-state index < -0.39 is 0 Å². The SMILES string of the molecule is CCC1(CN2CC3CCCCN3CC2C)CCCN1. The van der Waals surface area contributed by atoms with Gasteiger partial charge in [0.1, 0.15) is 0 Å². The van der Waals surface area contributed by atoms with Crippen LogP contribution in [0.25, 0.3) is 0 Å². The van der Waals surface area contributed by atoms with Gasteiger partial charge < -0.3 is 5.32 Å². The molecular formula is C16H31N3. The van der Waals surface area contributed by atoms with E-state index in [0.717, 1.165) is 12.1 Å². The molecule has 3 aliphatic rings. The Balaban J connectivity index is 1.63. The van der Waals surface area contributed by atoms with Crippen LogP contribution in [0.15, 0.2) is 0 Å². The molecule has 3 saturated heterocycles. The van der Waals surface area contributed by atoms with E-state index in [1.807, 2.05) is 0 Å². The van der Waals surface area contributed by atoms with Gasteiger partial charge in [0.15, 0.2) is 0 Å². The first-order chi connectivity index (χ1) is 9.22. The van der Waals surface area contributed by atoms with E-state index in [1.54, 1.807) is 0 Å². The largest absolute Gasteiger partial charge is 0.310 e. The van der Waals surface area contributed by atoms with Crippen LogP contribution in [0.4, 0.5) is 0 Å². The summed E-state index contributed by atoms with van der Waals surface area (Å²) >= 11 is 0. The molecule has 3 rings (SSSR count). The molecule has 0 radical (unpaired) electrons. The van der Waals surface area contributed by atoms with Crippen LogP contribution in [-0.2, 0) is 0 Å². The first kappa shape index (κ1) is 13.8. The van der Waals surface area contributed by atoms with Crippen molar-refractivity contribution in [2.24, 2.45) is 0 Å². The summed E-state index contributed by atoms with van der Waals surface area (Å²) in [5, 5.41) is 3.80. The van der Waals surface area contributed by atoms with Crippen molar-refractivity contribution in [1.82, 2.24) is 15.1 Å². The van der Waals surface area contributed by atoms with Crippen molar-refractivity contribution in [2.45, 2.75) is 70.0 Å². The van der Waals surface area contributed by atoms with Gasteiger partial charge in [-0.25, -0.2) is 0 Å². The topological polar surface area (TPSA) is 18.5 Å². The van der Waals surface area contributed by atoms with E-state index in [0.29, 0.717) is 5.54 Å². The molecule has 3 nitrogen and oxygen atoms in total. The first-order valence-corrected chi connectivity index (χ1v) is 8.45. The van der Waals surface area contributed by atoms with E-state index in [-0.39, 0.29) is 0 Å². The maximum absolute atomic E-state index is 3.80. The van der Waals surface area contributed by atoms with Crippen molar-refractivity contribution < 1.29 is 0 Å². The van der Waals surface area contributed by atoms with Gasteiger partial charge in [0.05, 0.1) is 0 Å². The fourth-order valence-corrected chi connectivity index (χ4v) is 4.44.